The second-order valence-corrected chi connectivity index (χ2v) is 3.45. The van der Waals surface area contributed by atoms with Crippen LogP contribution in [0.4, 0.5) is 5.69 Å². The predicted octanol–water partition coefficient (Wildman–Crippen LogP) is 1.19. The maximum atomic E-state index is 11.7. The Bertz CT molecular complexity index is 496. The molecule has 0 atom stereocenters. The van der Waals surface area contributed by atoms with E-state index < -0.39 is 0 Å². The summed E-state index contributed by atoms with van der Waals surface area (Å²) >= 11 is 0. The Morgan fingerprint density at radius 3 is 2.59 bits per heavy atom. The minimum absolute atomic E-state index is 0.257. The molecule has 0 saturated carbocycles. The Labute approximate surface area is 98.7 Å². The van der Waals surface area contributed by atoms with Crippen LogP contribution in [-0.4, -0.2) is 15.9 Å². The second kappa shape index (κ2) is 5.18. The lowest BCUT2D eigenvalue weighted by atomic mass is 10.2. The number of anilines is 1. The summed E-state index contributed by atoms with van der Waals surface area (Å²) in [5.41, 5.74) is 7.56. The third-order valence-electron chi connectivity index (χ3n) is 2.26. The van der Waals surface area contributed by atoms with E-state index in [2.05, 4.69) is 15.3 Å². The summed E-state index contributed by atoms with van der Waals surface area (Å²) in [5.74, 6) is -0.257. The fraction of sp³-hybridized carbons (Fsp3) is 0.0833. The van der Waals surface area contributed by atoms with Gasteiger partial charge in [0.2, 0.25) is 0 Å². The average Bonchev–Trinajstić information content (AvgIpc) is 2.40. The van der Waals surface area contributed by atoms with E-state index in [1.165, 1.54) is 12.5 Å². The summed E-state index contributed by atoms with van der Waals surface area (Å²) in [7, 11) is 0. The van der Waals surface area contributed by atoms with Crippen molar-refractivity contribution in [3.05, 3.63) is 54.1 Å². The third-order valence-corrected chi connectivity index (χ3v) is 2.26. The Morgan fingerprint density at radius 2 is 2.00 bits per heavy atom. The molecule has 5 heteroatoms. The van der Waals surface area contributed by atoms with Gasteiger partial charge in [-0.15, -0.1) is 0 Å². The van der Waals surface area contributed by atoms with Gasteiger partial charge in [0.25, 0.3) is 5.91 Å². The van der Waals surface area contributed by atoms with Crippen LogP contribution in [0.15, 0.2) is 42.9 Å². The van der Waals surface area contributed by atoms with Gasteiger partial charge in [-0.1, -0.05) is 12.1 Å². The Balaban J connectivity index is 2.08. The van der Waals surface area contributed by atoms with Crippen LogP contribution in [0.1, 0.15) is 16.1 Å². The maximum Gasteiger partial charge on any atom is 0.274 e. The van der Waals surface area contributed by atoms with E-state index in [4.69, 9.17) is 5.73 Å². The lowest BCUT2D eigenvalue weighted by Gasteiger charge is -2.04. The molecule has 1 aromatic heterocycles. The van der Waals surface area contributed by atoms with Crippen molar-refractivity contribution < 1.29 is 4.79 Å². The molecule has 0 aliphatic heterocycles. The Hall–Kier alpha value is -2.27. The minimum Gasteiger partial charge on any atom is -0.326 e. The zero-order chi connectivity index (χ0) is 12.1. The first-order valence-electron chi connectivity index (χ1n) is 5.16. The number of hydrogen-bond donors (Lipinski definition) is 2. The zero-order valence-corrected chi connectivity index (χ0v) is 9.13. The van der Waals surface area contributed by atoms with Crippen molar-refractivity contribution in [3.8, 4) is 0 Å². The number of rotatable bonds is 3. The first-order chi connectivity index (χ1) is 8.29. The molecule has 17 heavy (non-hydrogen) atoms. The largest absolute Gasteiger partial charge is 0.326 e. The number of benzene rings is 1. The molecule has 0 bridgehead atoms. The first kappa shape index (κ1) is 11.2. The number of aromatic nitrogens is 2. The maximum absolute atomic E-state index is 11.7. The molecule has 0 fully saturated rings. The van der Waals surface area contributed by atoms with E-state index in [9.17, 15) is 4.79 Å². The van der Waals surface area contributed by atoms with Crippen LogP contribution in [0.2, 0.25) is 0 Å². The van der Waals surface area contributed by atoms with Crippen molar-refractivity contribution in [1.29, 1.82) is 0 Å². The number of nitrogens with one attached hydrogen (secondary N) is 1. The van der Waals surface area contributed by atoms with E-state index in [-0.39, 0.29) is 5.91 Å². The van der Waals surface area contributed by atoms with Crippen LogP contribution in [0, 0.1) is 0 Å². The molecule has 1 amide bonds. The average molecular weight is 228 g/mol. The number of nitrogens with zero attached hydrogens (tertiary/aromatic N) is 2. The zero-order valence-electron chi connectivity index (χ0n) is 9.13. The topological polar surface area (TPSA) is 80.9 Å². The predicted molar refractivity (Wildman–Crippen MR) is 64.3 cm³/mol. The lowest BCUT2D eigenvalue weighted by molar-refractivity contribution is 0.102. The molecule has 2 rings (SSSR count). The summed E-state index contributed by atoms with van der Waals surface area (Å²) in [4.78, 5) is 19.4. The first-order valence-corrected chi connectivity index (χ1v) is 5.16. The van der Waals surface area contributed by atoms with Crippen LogP contribution in [0.3, 0.4) is 0 Å². The van der Waals surface area contributed by atoms with Gasteiger partial charge in [0.1, 0.15) is 12.0 Å². The molecular formula is C12H12N4O. The molecule has 3 N–H and O–H groups in total. The normalized spacial score (nSPS) is 9.94. The van der Waals surface area contributed by atoms with E-state index in [1.54, 1.807) is 18.2 Å². The highest BCUT2D eigenvalue weighted by Crippen LogP contribution is 2.10. The molecule has 0 aliphatic rings. The van der Waals surface area contributed by atoms with Gasteiger partial charge in [0, 0.05) is 18.4 Å². The molecule has 0 aliphatic carbocycles. The Morgan fingerprint density at radius 1 is 1.24 bits per heavy atom. The molecule has 0 saturated heterocycles. The van der Waals surface area contributed by atoms with Gasteiger partial charge in [0.15, 0.2) is 0 Å². The van der Waals surface area contributed by atoms with Crippen LogP contribution in [0.25, 0.3) is 0 Å². The summed E-state index contributed by atoms with van der Waals surface area (Å²) in [6.07, 6.45) is 2.87. The SMILES string of the molecule is NCc1ccc(NC(=O)c2ccncn2)cc1. The van der Waals surface area contributed by atoms with Gasteiger partial charge in [-0.2, -0.15) is 0 Å². The fourth-order valence-electron chi connectivity index (χ4n) is 1.34. The smallest absolute Gasteiger partial charge is 0.274 e. The number of amides is 1. The van der Waals surface area contributed by atoms with Crippen molar-refractivity contribution >= 4 is 11.6 Å². The quantitative estimate of drug-likeness (QED) is 0.826. The van der Waals surface area contributed by atoms with Gasteiger partial charge in [0.05, 0.1) is 0 Å². The monoisotopic (exact) mass is 228 g/mol. The fourth-order valence-corrected chi connectivity index (χ4v) is 1.34. The van der Waals surface area contributed by atoms with Crippen molar-refractivity contribution in [2.24, 2.45) is 5.73 Å². The third kappa shape index (κ3) is 2.85. The minimum atomic E-state index is -0.257. The van der Waals surface area contributed by atoms with E-state index in [1.807, 2.05) is 12.1 Å². The van der Waals surface area contributed by atoms with Gasteiger partial charge >= 0.3 is 0 Å². The van der Waals surface area contributed by atoms with Crippen molar-refractivity contribution in [2.75, 3.05) is 5.32 Å². The molecule has 5 nitrogen and oxygen atoms in total. The summed E-state index contributed by atoms with van der Waals surface area (Å²) in [6, 6.07) is 8.91. The number of carbonyl (C=O) groups excluding carboxylic acids is 1. The standard InChI is InChI=1S/C12H12N4O/c13-7-9-1-3-10(4-2-9)16-12(17)11-5-6-14-8-15-11/h1-6,8H,7,13H2,(H,16,17). The van der Waals surface area contributed by atoms with E-state index >= 15 is 0 Å². The second-order valence-electron chi connectivity index (χ2n) is 3.45. The van der Waals surface area contributed by atoms with Gasteiger partial charge in [-0.05, 0) is 23.8 Å². The molecule has 1 aromatic carbocycles. The van der Waals surface area contributed by atoms with Crippen molar-refractivity contribution in [2.45, 2.75) is 6.54 Å². The van der Waals surface area contributed by atoms with Crippen molar-refractivity contribution in [3.63, 3.8) is 0 Å². The highest BCUT2D eigenvalue weighted by atomic mass is 16.1. The summed E-state index contributed by atoms with van der Waals surface area (Å²) in [6.45, 7) is 0.486. The van der Waals surface area contributed by atoms with Gasteiger partial charge < -0.3 is 11.1 Å². The molecule has 0 unspecified atom stereocenters. The van der Waals surface area contributed by atoms with Crippen LogP contribution >= 0.6 is 0 Å². The van der Waals surface area contributed by atoms with E-state index in [0.29, 0.717) is 17.9 Å². The Kier molecular flexibility index (Phi) is 3.42. The number of nitrogens with two attached hydrogens (primary N) is 1. The molecule has 2 aromatic rings. The van der Waals surface area contributed by atoms with Crippen LogP contribution < -0.4 is 11.1 Å². The van der Waals surface area contributed by atoms with Gasteiger partial charge in [-0.25, -0.2) is 9.97 Å². The summed E-state index contributed by atoms with van der Waals surface area (Å²) in [5, 5.41) is 2.74. The molecule has 0 spiro atoms. The van der Waals surface area contributed by atoms with Crippen LogP contribution in [-0.2, 0) is 6.54 Å². The highest BCUT2D eigenvalue weighted by Gasteiger charge is 2.06. The molecule has 0 radical (unpaired) electrons. The molecular weight excluding hydrogens is 216 g/mol. The number of hydrogen-bond acceptors (Lipinski definition) is 4. The highest BCUT2D eigenvalue weighted by molar-refractivity contribution is 6.02. The molecule has 86 valence electrons. The van der Waals surface area contributed by atoms with Gasteiger partial charge in [-0.3, -0.25) is 4.79 Å². The van der Waals surface area contributed by atoms with Crippen LogP contribution in [0.5, 0.6) is 0 Å². The lowest BCUT2D eigenvalue weighted by Crippen LogP contribution is -2.13. The molecule has 1 heterocycles. The summed E-state index contributed by atoms with van der Waals surface area (Å²) < 4.78 is 0. The van der Waals surface area contributed by atoms with E-state index in [0.717, 1.165) is 5.56 Å². The van der Waals surface area contributed by atoms with Crippen molar-refractivity contribution in [1.82, 2.24) is 9.97 Å². The number of carbonyl (C=O) groups is 1.